The molecule has 3 heterocycles. The molecule has 0 radical (unpaired) electrons. The SMILES string of the molecule is c1ccc(-c2cccc(N3c4ccccc4Oc4cc5cccc(-c6ccccc6)c5nc43)n2)cc1. The van der Waals surface area contributed by atoms with Gasteiger partial charge in [0.1, 0.15) is 5.82 Å². The van der Waals surface area contributed by atoms with E-state index in [1.807, 2.05) is 66.7 Å². The minimum atomic E-state index is 0.707. The molecule has 4 heteroatoms. The van der Waals surface area contributed by atoms with Crippen LogP contribution in [0.5, 0.6) is 11.5 Å². The minimum absolute atomic E-state index is 0.707. The Kier molecular flexibility index (Phi) is 4.74. The van der Waals surface area contributed by atoms with Crippen molar-refractivity contribution in [3.63, 3.8) is 0 Å². The van der Waals surface area contributed by atoms with E-state index in [2.05, 4.69) is 65.6 Å². The van der Waals surface area contributed by atoms with Crippen LogP contribution in [0, 0.1) is 0 Å². The van der Waals surface area contributed by atoms with E-state index >= 15 is 0 Å². The van der Waals surface area contributed by atoms with Gasteiger partial charge >= 0.3 is 0 Å². The lowest BCUT2D eigenvalue weighted by atomic mass is 10.0. The molecular weight excluding hydrogens is 442 g/mol. The Balaban J connectivity index is 1.46. The number of ether oxygens (including phenoxy) is 1. The zero-order valence-electron chi connectivity index (χ0n) is 19.4. The predicted molar refractivity (Wildman–Crippen MR) is 145 cm³/mol. The van der Waals surface area contributed by atoms with Crippen LogP contribution < -0.4 is 9.64 Å². The van der Waals surface area contributed by atoms with Gasteiger partial charge in [-0.05, 0) is 35.9 Å². The fourth-order valence-electron chi connectivity index (χ4n) is 4.77. The summed E-state index contributed by atoms with van der Waals surface area (Å²) in [6, 6.07) is 43.1. The molecule has 0 saturated heterocycles. The third-order valence-electron chi connectivity index (χ3n) is 6.45. The molecule has 1 aliphatic rings. The largest absolute Gasteiger partial charge is 0.451 e. The first-order valence-corrected chi connectivity index (χ1v) is 11.9. The fraction of sp³-hybridized carbons (Fsp3) is 0. The van der Waals surface area contributed by atoms with E-state index in [4.69, 9.17) is 14.7 Å². The predicted octanol–water partition coefficient (Wildman–Crippen LogP) is 8.54. The summed E-state index contributed by atoms with van der Waals surface area (Å²) in [5.41, 5.74) is 6.02. The average Bonchev–Trinajstić information content (AvgIpc) is 2.95. The quantitative estimate of drug-likeness (QED) is 0.263. The Labute approximate surface area is 209 Å². The van der Waals surface area contributed by atoms with E-state index in [0.29, 0.717) is 5.75 Å². The summed E-state index contributed by atoms with van der Waals surface area (Å²) in [6.07, 6.45) is 0. The monoisotopic (exact) mass is 463 g/mol. The molecule has 6 aromatic rings. The zero-order chi connectivity index (χ0) is 23.9. The number of aromatic nitrogens is 2. The van der Waals surface area contributed by atoms with Crippen molar-refractivity contribution in [2.24, 2.45) is 0 Å². The number of nitrogens with zero attached hydrogens (tertiary/aromatic N) is 3. The molecule has 0 aliphatic carbocycles. The van der Waals surface area contributed by atoms with Crippen LogP contribution >= 0.6 is 0 Å². The van der Waals surface area contributed by atoms with Gasteiger partial charge in [-0.3, -0.25) is 4.90 Å². The van der Waals surface area contributed by atoms with Crippen molar-refractivity contribution in [1.82, 2.24) is 9.97 Å². The molecule has 36 heavy (non-hydrogen) atoms. The summed E-state index contributed by atoms with van der Waals surface area (Å²) in [4.78, 5) is 12.4. The summed E-state index contributed by atoms with van der Waals surface area (Å²) in [5.74, 6) is 3.00. The molecule has 1 aliphatic heterocycles. The number of benzene rings is 4. The summed E-state index contributed by atoms with van der Waals surface area (Å²) in [7, 11) is 0. The molecule has 170 valence electrons. The van der Waals surface area contributed by atoms with Crippen molar-refractivity contribution in [2.45, 2.75) is 0 Å². The van der Waals surface area contributed by atoms with Gasteiger partial charge < -0.3 is 4.74 Å². The van der Waals surface area contributed by atoms with Crippen LogP contribution in [-0.2, 0) is 0 Å². The topological polar surface area (TPSA) is 38.2 Å². The maximum atomic E-state index is 6.37. The van der Waals surface area contributed by atoms with Crippen LogP contribution in [0.2, 0.25) is 0 Å². The van der Waals surface area contributed by atoms with Crippen molar-refractivity contribution in [3.8, 4) is 33.9 Å². The van der Waals surface area contributed by atoms with E-state index in [1.165, 1.54) is 0 Å². The third-order valence-corrected chi connectivity index (χ3v) is 6.45. The molecule has 2 aromatic heterocycles. The van der Waals surface area contributed by atoms with Crippen LogP contribution in [0.3, 0.4) is 0 Å². The van der Waals surface area contributed by atoms with Gasteiger partial charge in [0.25, 0.3) is 0 Å². The van der Waals surface area contributed by atoms with Gasteiger partial charge in [0.2, 0.25) is 0 Å². The van der Waals surface area contributed by atoms with Crippen LogP contribution in [0.15, 0.2) is 127 Å². The molecule has 0 bridgehead atoms. The Morgan fingerprint density at radius 2 is 1.28 bits per heavy atom. The van der Waals surface area contributed by atoms with Crippen molar-refractivity contribution in [3.05, 3.63) is 127 Å². The first-order valence-electron chi connectivity index (χ1n) is 11.9. The first-order chi connectivity index (χ1) is 17.8. The summed E-state index contributed by atoms with van der Waals surface area (Å²) in [5, 5.41) is 1.03. The number of pyridine rings is 2. The van der Waals surface area contributed by atoms with Gasteiger partial charge in [-0.25, -0.2) is 9.97 Å². The van der Waals surface area contributed by atoms with Crippen molar-refractivity contribution >= 4 is 28.2 Å². The Bertz CT molecular complexity index is 1720. The van der Waals surface area contributed by atoms with Gasteiger partial charge in [-0.15, -0.1) is 0 Å². The number of hydrogen-bond acceptors (Lipinski definition) is 4. The van der Waals surface area contributed by atoms with Gasteiger partial charge in [0.15, 0.2) is 17.3 Å². The smallest absolute Gasteiger partial charge is 0.183 e. The molecule has 0 saturated carbocycles. The molecule has 0 N–H and O–H groups in total. The maximum Gasteiger partial charge on any atom is 0.183 e. The first kappa shape index (κ1) is 20.4. The highest BCUT2D eigenvalue weighted by Gasteiger charge is 2.29. The third kappa shape index (κ3) is 3.39. The molecule has 4 nitrogen and oxygen atoms in total. The Morgan fingerprint density at radius 1 is 0.556 bits per heavy atom. The van der Waals surface area contributed by atoms with Crippen molar-refractivity contribution in [1.29, 1.82) is 0 Å². The van der Waals surface area contributed by atoms with Gasteiger partial charge in [0.05, 0.1) is 16.9 Å². The van der Waals surface area contributed by atoms with E-state index in [0.717, 1.165) is 56.4 Å². The number of para-hydroxylation sites is 3. The summed E-state index contributed by atoms with van der Waals surface area (Å²) < 4.78 is 6.37. The number of fused-ring (bicyclic) bond motifs is 3. The molecule has 0 fully saturated rings. The highest BCUT2D eigenvalue weighted by Crippen LogP contribution is 2.50. The van der Waals surface area contributed by atoms with Gasteiger partial charge in [-0.2, -0.15) is 0 Å². The van der Waals surface area contributed by atoms with Crippen LogP contribution in [-0.4, -0.2) is 9.97 Å². The normalized spacial score (nSPS) is 12.1. The second-order valence-corrected chi connectivity index (χ2v) is 8.71. The van der Waals surface area contributed by atoms with E-state index in [-0.39, 0.29) is 0 Å². The average molecular weight is 464 g/mol. The second-order valence-electron chi connectivity index (χ2n) is 8.71. The summed E-state index contributed by atoms with van der Waals surface area (Å²) >= 11 is 0. The standard InChI is InChI=1S/C32H21N3O/c1-3-11-22(12-4-1)25-16-9-15-24-21-29-32(34-31(24)25)35(27-18-7-8-19-28(27)36-29)30-20-10-17-26(33-30)23-13-5-2-6-14-23/h1-21H. The number of hydrogen-bond donors (Lipinski definition) is 0. The highest BCUT2D eigenvalue weighted by molar-refractivity contribution is 5.97. The number of anilines is 3. The molecule has 0 amide bonds. The van der Waals surface area contributed by atoms with Gasteiger partial charge in [-0.1, -0.05) is 97.1 Å². The van der Waals surface area contributed by atoms with E-state index in [1.54, 1.807) is 0 Å². The van der Waals surface area contributed by atoms with E-state index in [9.17, 15) is 0 Å². The maximum absolute atomic E-state index is 6.37. The minimum Gasteiger partial charge on any atom is -0.451 e. The fourth-order valence-corrected chi connectivity index (χ4v) is 4.77. The van der Waals surface area contributed by atoms with Gasteiger partial charge in [0, 0.05) is 16.5 Å². The lowest BCUT2D eigenvalue weighted by Gasteiger charge is -2.31. The lowest BCUT2D eigenvalue weighted by Crippen LogP contribution is -2.18. The van der Waals surface area contributed by atoms with Crippen LogP contribution in [0.25, 0.3) is 33.3 Å². The molecule has 0 unspecified atom stereocenters. The summed E-state index contributed by atoms with van der Waals surface area (Å²) in [6.45, 7) is 0. The molecule has 7 rings (SSSR count). The lowest BCUT2D eigenvalue weighted by molar-refractivity contribution is 0.475. The second kappa shape index (κ2) is 8.36. The molecule has 0 atom stereocenters. The van der Waals surface area contributed by atoms with Crippen LogP contribution in [0.1, 0.15) is 0 Å². The van der Waals surface area contributed by atoms with Crippen molar-refractivity contribution < 1.29 is 4.74 Å². The Morgan fingerprint density at radius 3 is 2.11 bits per heavy atom. The molecule has 0 spiro atoms. The van der Waals surface area contributed by atoms with E-state index < -0.39 is 0 Å². The van der Waals surface area contributed by atoms with Crippen LogP contribution in [0.4, 0.5) is 17.3 Å². The zero-order valence-corrected chi connectivity index (χ0v) is 19.4. The van der Waals surface area contributed by atoms with Crippen molar-refractivity contribution in [2.75, 3.05) is 4.90 Å². The highest BCUT2D eigenvalue weighted by atomic mass is 16.5. The number of rotatable bonds is 3. The molecular formula is C32H21N3O. The molecule has 4 aromatic carbocycles. The Hall–Kier alpha value is -4.96.